The zero-order chi connectivity index (χ0) is 19.6. The number of aryl methyl sites for hydroxylation is 2. The summed E-state index contributed by atoms with van der Waals surface area (Å²) >= 11 is 0. The summed E-state index contributed by atoms with van der Waals surface area (Å²) in [7, 11) is 1.58. The molecule has 0 saturated heterocycles. The van der Waals surface area contributed by atoms with Gasteiger partial charge in [0.05, 0.1) is 18.4 Å². The van der Waals surface area contributed by atoms with Gasteiger partial charge in [0.2, 0.25) is 0 Å². The minimum absolute atomic E-state index is 0.192. The average Bonchev–Trinajstić information content (AvgIpc) is 3.26. The number of rotatable bonds is 5. The number of amides is 2. The lowest BCUT2D eigenvalue weighted by Gasteiger charge is -2.11. The van der Waals surface area contributed by atoms with Crippen LogP contribution in [0, 0.1) is 20.8 Å². The maximum absolute atomic E-state index is 12.9. The Kier molecular flexibility index (Phi) is 5.16. The largest absolute Gasteiger partial charge is 0.467 e. The van der Waals surface area contributed by atoms with Crippen molar-refractivity contribution in [1.29, 1.82) is 0 Å². The van der Waals surface area contributed by atoms with Crippen LogP contribution in [0.15, 0.2) is 47.1 Å². The summed E-state index contributed by atoms with van der Waals surface area (Å²) < 4.78 is 7.46. The highest BCUT2D eigenvalue weighted by molar-refractivity contribution is 6.06. The van der Waals surface area contributed by atoms with Gasteiger partial charge in [-0.15, -0.1) is 0 Å². The molecule has 6 nitrogen and oxygen atoms in total. The molecule has 3 rings (SSSR count). The van der Waals surface area contributed by atoms with Crippen LogP contribution in [0.2, 0.25) is 0 Å². The normalized spacial score (nSPS) is 10.7. The van der Waals surface area contributed by atoms with E-state index in [9.17, 15) is 9.59 Å². The van der Waals surface area contributed by atoms with Gasteiger partial charge in [0.25, 0.3) is 11.8 Å². The molecule has 0 unspecified atom stereocenters. The number of carbonyl (C=O) groups excluding carboxylic acids is 2. The highest BCUT2D eigenvalue weighted by Gasteiger charge is 2.18. The number of anilines is 1. The van der Waals surface area contributed by atoms with Crippen molar-refractivity contribution in [2.75, 3.05) is 12.4 Å². The Hall–Kier alpha value is -3.28. The molecule has 0 bridgehead atoms. The monoisotopic (exact) mass is 365 g/mol. The Bertz CT molecular complexity index is 985. The maximum Gasteiger partial charge on any atom is 0.257 e. The van der Waals surface area contributed by atoms with Crippen LogP contribution in [0.1, 0.15) is 43.4 Å². The number of aromatic nitrogens is 1. The predicted octanol–water partition coefficient (Wildman–Crippen LogP) is 3.67. The molecule has 27 heavy (non-hydrogen) atoms. The number of hydrogen-bond donors (Lipinski definition) is 2. The molecule has 0 fully saturated rings. The lowest BCUT2D eigenvalue weighted by molar-refractivity contribution is 0.0961. The van der Waals surface area contributed by atoms with Crippen molar-refractivity contribution in [3.63, 3.8) is 0 Å². The van der Waals surface area contributed by atoms with Crippen LogP contribution in [0.3, 0.4) is 0 Å². The van der Waals surface area contributed by atoms with Crippen molar-refractivity contribution in [3.8, 4) is 0 Å². The van der Waals surface area contributed by atoms with Gasteiger partial charge in [-0.3, -0.25) is 9.59 Å². The summed E-state index contributed by atoms with van der Waals surface area (Å²) in [4.78, 5) is 24.7. The predicted molar refractivity (Wildman–Crippen MR) is 104 cm³/mol. The number of nitrogens with zero attached hydrogens (tertiary/aromatic N) is 1. The van der Waals surface area contributed by atoms with Crippen molar-refractivity contribution in [2.24, 2.45) is 0 Å². The molecule has 3 aromatic rings. The van der Waals surface area contributed by atoms with E-state index in [1.807, 2.05) is 49.6 Å². The zero-order valence-corrected chi connectivity index (χ0v) is 15.9. The zero-order valence-electron chi connectivity index (χ0n) is 15.9. The van der Waals surface area contributed by atoms with Crippen LogP contribution in [-0.4, -0.2) is 23.4 Å². The van der Waals surface area contributed by atoms with Crippen molar-refractivity contribution in [2.45, 2.75) is 27.3 Å². The minimum atomic E-state index is -0.203. The Balaban J connectivity index is 1.86. The van der Waals surface area contributed by atoms with Gasteiger partial charge >= 0.3 is 0 Å². The molecule has 2 aromatic heterocycles. The molecule has 140 valence electrons. The van der Waals surface area contributed by atoms with Crippen molar-refractivity contribution in [1.82, 2.24) is 9.88 Å². The van der Waals surface area contributed by atoms with E-state index in [1.54, 1.807) is 25.4 Å². The van der Waals surface area contributed by atoms with E-state index in [2.05, 4.69) is 10.6 Å². The smallest absolute Gasteiger partial charge is 0.257 e. The first-order valence-electron chi connectivity index (χ1n) is 8.74. The van der Waals surface area contributed by atoms with Gasteiger partial charge in [0.1, 0.15) is 5.76 Å². The SMILES string of the molecule is CNC(=O)c1ccc(C)c(NC(=O)c2cc(C)n(Cc3ccco3)c2C)c1. The topological polar surface area (TPSA) is 76.3 Å². The van der Waals surface area contributed by atoms with Crippen LogP contribution < -0.4 is 10.6 Å². The molecule has 0 aliphatic heterocycles. The lowest BCUT2D eigenvalue weighted by Crippen LogP contribution is -2.19. The van der Waals surface area contributed by atoms with Gasteiger partial charge < -0.3 is 19.6 Å². The second kappa shape index (κ2) is 7.53. The second-order valence-corrected chi connectivity index (χ2v) is 6.51. The van der Waals surface area contributed by atoms with Crippen molar-refractivity contribution >= 4 is 17.5 Å². The summed E-state index contributed by atoms with van der Waals surface area (Å²) in [6.07, 6.45) is 1.64. The molecule has 2 heterocycles. The van der Waals surface area contributed by atoms with E-state index >= 15 is 0 Å². The number of hydrogen-bond acceptors (Lipinski definition) is 3. The molecule has 6 heteroatoms. The molecular formula is C21H23N3O3. The van der Waals surface area contributed by atoms with Gasteiger partial charge in [-0.2, -0.15) is 0 Å². The molecular weight excluding hydrogens is 342 g/mol. The molecule has 0 radical (unpaired) electrons. The summed E-state index contributed by atoms with van der Waals surface area (Å²) in [5.41, 5.74) is 4.45. The fourth-order valence-electron chi connectivity index (χ4n) is 3.06. The Morgan fingerprint density at radius 3 is 2.52 bits per heavy atom. The average molecular weight is 365 g/mol. The number of benzene rings is 1. The van der Waals surface area contributed by atoms with E-state index in [0.29, 0.717) is 23.4 Å². The molecule has 2 N–H and O–H groups in total. The first kappa shape index (κ1) is 18.5. The van der Waals surface area contributed by atoms with E-state index < -0.39 is 0 Å². The standard InChI is InChI=1S/C21H23N3O3/c1-13-7-8-16(20(25)22-4)11-19(13)23-21(26)18-10-14(2)24(15(18)3)12-17-6-5-9-27-17/h5-11H,12H2,1-4H3,(H,22,25)(H,23,26). The fraction of sp³-hybridized carbons (Fsp3) is 0.238. The number of furan rings is 1. The first-order chi connectivity index (χ1) is 12.9. The molecule has 0 aliphatic carbocycles. The van der Waals surface area contributed by atoms with Crippen LogP contribution >= 0.6 is 0 Å². The third-order valence-electron chi connectivity index (χ3n) is 4.69. The van der Waals surface area contributed by atoms with Crippen LogP contribution in [0.4, 0.5) is 5.69 Å². The highest BCUT2D eigenvalue weighted by atomic mass is 16.3. The molecule has 2 amide bonds. The molecule has 0 saturated carbocycles. The second-order valence-electron chi connectivity index (χ2n) is 6.51. The van der Waals surface area contributed by atoms with E-state index in [-0.39, 0.29) is 11.8 Å². The quantitative estimate of drug-likeness (QED) is 0.724. The summed E-state index contributed by atoms with van der Waals surface area (Å²) in [6.45, 7) is 6.34. The molecule has 0 aliphatic rings. The first-order valence-corrected chi connectivity index (χ1v) is 8.74. The molecule has 1 aromatic carbocycles. The van der Waals surface area contributed by atoms with Crippen molar-refractivity contribution < 1.29 is 14.0 Å². The number of nitrogens with one attached hydrogen (secondary N) is 2. The van der Waals surface area contributed by atoms with Crippen molar-refractivity contribution in [3.05, 3.63) is 76.5 Å². The van der Waals surface area contributed by atoms with E-state index in [1.165, 1.54) is 0 Å². The molecule has 0 spiro atoms. The van der Waals surface area contributed by atoms with Crippen LogP contribution in [0.25, 0.3) is 0 Å². The third-order valence-corrected chi connectivity index (χ3v) is 4.69. The summed E-state index contributed by atoms with van der Waals surface area (Å²) in [5, 5.41) is 5.52. The van der Waals surface area contributed by atoms with E-state index in [0.717, 1.165) is 22.7 Å². The van der Waals surface area contributed by atoms with Crippen LogP contribution in [-0.2, 0) is 6.54 Å². The number of carbonyl (C=O) groups is 2. The van der Waals surface area contributed by atoms with E-state index in [4.69, 9.17) is 4.42 Å². The fourth-order valence-corrected chi connectivity index (χ4v) is 3.06. The molecule has 0 atom stereocenters. The lowest BCUT2D eigenvalue weighted by atomic mass is 10.1. The van der Waals surface area contributed by atoms with Crippen LogP contribution in [0.5, 0.6) is 0 Å². The Morgan fingerprint density at radius 1 is 1.07 bits per heavy atom. The summed E-state index contributed by atoms with van der Waals surface area (Å²) in [5.74, 6) is 0.436. The Morgan fingerprint density at radius 2 is 1.85 bits per heavy atom. The van der Waals surface area contributed by atoms with Gasteiger partial charge in [0, 0.05) is 29.7 Å². The van der Waals surface area contributed by atoms with Gasteiger partial charge in [-0.05, 0) is 56.7 Å². The Labute approximate surface area is 158 Å². The van der Waals surface area contributed by atoms with Gasteiger partial charge in [-0.1, -0.05) is 6.07 Å². The maximum atomic E-state index is 12.9. The third kappa shape index (κ3) is 3.79. The van der Waals surface area contributed by atoms with Gasteiger partial charge in [0.15, 0.2) is 0 Å². The highest BCUT2D eigenvalue weighted by Crippen LogP contribution is 2.21. The summed E-state index contributed by atoms with van der Waals surface area (Å²) in [6, 6.07) is 10.9. The minimum Gasteiger partial charge on any atom is -0.467 e. The van der Waals surface area contributed by atoms with Gasteiger partial charge in [-0.25, -0.2) is 0 Å².